The molecule has 0 aliphatic carbocycles. The number of rotatable bonds is 5. The van der Waals surface area contributed by atoms with E-state index in [1.807, 2.05) is 20.8 Å². The molecule has 1 N–H and O–H groups in total. The molecule has 0 amide bonds. The minimum atomic E-state index is -0.294. The topological polar surface area (TPSA) is 29.1 Å². The molecule has 0 saturated carbocycles. The van der Waals surface area contributed by atoms with Crippen molar-refractivity contribution < 1.29 is 4.79 Å². The molecule has 0 rings (SSSR count). The second kappa shape index (κ2) is 4.23. The van der Waals surface area contributed by atoms with Gasteiger partial charge in [0, 0.05) is 17.4 Å². The van der Waals surface area contributed by atoms with E-state index < -0.39 is 0 Å². The number of Topliss-reactive ketones (excluding diaryl/α,β-unsaturated/α-hetero) is 1. The van der Waals surface area contributed by atoms with Crippen LogP contribution in [0.3, 0.4) is 0 Å². The van der Waals surface area contributed by atoms with Gasteiger partial charge >= 0.3 is 0 Å². The number of ketones is 1. The van der Waals surface area contributed by atoms with E-state index in [2.05, 4.69) is 26.1 Å². The molecule has 2 heteroatoms. The third-order valence-electron chi connectivity index (χ3n) is 3.20. The summed E-state index contributed by atoms with van der Waals surface area (Å²) in [6.45, 7) is 13.1. The van der Waals surface area contributed by atoms with Crippen molar-refractivity contribution in [1.29, 1.82) is 0 Å². The first kappa shape index (κ1) is 12.6. The molecule has 0 unspecified atom stereocenters. The maximum absolute atomic E-state index is 11.7. The van der Waals surface area contributed by atoms with Crippen LogP contribution in [-0.2, 0) is 4.79 Å². The van der Waals surface area contributed by atoms with Crippen LogP contribution in [0.4, 0.5) is 0 Å². The molecular weight excluding hydrogens is 162 g/mol. The minimum absolute atomic E-state index is 0.130. The van der Waals surface area contributed by atoms with Crippen LogP contribution >= 0.6 is 0 Å². The zero-order valence-electron chi connectivity index (χ0n) is 9.82. The highest BCUT2D eigenvalue weighted by atomic mass is 16.1. The van der Waals surface area contributed by atoms with Crippen molar-refractivity contribution in [3.63, 3.8) is 0 Å². The third-order valence-corrected chi connectivity index (χ3v) is 3.20. The predicted molar refractivity (Wildman–Crippen MR) is 56.8 cm³/mol. The first-order chi connectivity index (χ1) is 5.79. The van der Waals surface area contributed by atoms with E-state index in [1.54, 1.807) is 0 Å². The van der Waals surface area contributed by atoms with Gasteiger partial charge in [-0.05, 0) is 20.4 Å². The summed E-state index contributed by atoms with van der Waals surface area (Å²) < 4.78 is 0. The average Bonchev–Trinajstić information content (AvgIpc) is 2.02. The van der Waals surface area contributed by atoms with E-state index in [-0.39, 0.29) is 11.0 Å². The van der Waals surface area contributed by atoms with Crippen LogP contribution < -0.4 is 5.32 Å². The Hall–Kier alpha value is -0.370. The first-order valence-electron chi connectivity index (χ1n) is 5.08. The Bertz CT molecular complexity index is 183. The summed E-state index contributed by atoms with van der Waals surface area (Å²) in [5, 5.41) is 3.36. The smallest absolute Gasteiger partial charge is 0.140 e. The summed E-state index contributed by atoms with van der Waals surface area (Å²) in [6, 6.07) is 0. The second-order valence-corrected chi connectivity index (χ2v) is 4.56. The van der Waals surface area contributed by atoms with Gasteiger partial charge in [-0.25, -0.2) is 0 Å². The van der Waals surface area contributed by atoms with Gasteiger partial charge in [-0.2, -0.15) is 0 Å². The van der Waals surface area contributed by atoms with E-state index in [1.165, 1.54) is 0 Å². The predicted octanol–water partition coefficient (Wildman–Crippen LogP) is 2.38. The average molecular weight is 185 g/mol. The molecule has 0 radical (unpaired) electrons. The maximum atomic E-state index is 11.7. The monoisotopic (exact) mass is 185 g/mol. The number of hydrogen-bond acceptors (Lipinski definition) is 2. The summed E-state index contributed by atoms with van der Waals surface area (Å²) in [4.78, 5) is 11.7. The van der Waals surface area contributed by atoms with Crippen molar-refractivity contribution in [1.82, 2.24) is 5.32 Å². The molecular formula is C11H23NO. The third kappa shape index (κ3) is 2.53. The standard InChI is InChI=1S/C11H23NO/c1-7-9(13)10(3,4)11(5,6)12-8-2/h12H,7-8H2,1-6H3. The van der Waals surface area contributed by atoms with Crippen molar-refractivity contribution in [3.8, 4) is 0 Å². The van der Waals surface area contributed by atoms with E-state index in [0.29, 0.717) is 12.2 Å². The van der Waals surface area contributed by atoms with Gasteiger partial charge in [0.2, 0.25) is 0 Å². The molecule has 0 aromatic carbocycles. The van der Waals surface area contributed by atoms with E-state index in [9.17, 15) is 4.79 Å². The Morgan fingerprint density at radius 3 is 1.92 bits per heavy atom. The molecule has 0 atom stereocenters. The van der Waals surface area contributed by atoms with Gasteiger partial charge in [-0.3, -0.25) is 4.79 Å². The molecule has 0 bridgehead atoms. The molecule has 78 valence electrons. The van der Waals surface area contributed by atoms with Crippen LogP contribution in [0.1, 0.15) is 48.0 Å². The van der Waals surface area contributed by atoms with Gasteiger partial charge in [0.25, 0.3) is 0 Å². The highest BCUT2D eigenvalue weighted by Gasteiger charge is 2.40. The highest BCUT2D eigenvalue weighted by molar-refractivity contribution is 5.85. The van der Waals surface area contributed by atoms with E-state index in [4.69, 9.17) is 0 Å². The normalized spacial score (nSPS) is 13.1. The Morgan fingerprint density at radius 2 is 1.62 bits per heavy atom. The molecule has 13 heavy (non-hydrogen) atoms. The van der Waals surface area contributed by atoms with Gasteiger partial charge in [0.05, 0.1) is 0 Å². The summed E-state index contributed by atoms with van der Waals surface area (Å²) >= 11 is 0. The Morgan fingerprint density at radius 1 is 1.15 bits per heavy atom. The summed E-state index contributed by atoms with van der Waals surface area (Å²) in [6.07, 6.45) is 0.613. The minimum Gasteiger partial charge on any atom is -0.311 e. The Kier molecular flexibility index (Phi) is 4.11. The highest BCUT2D eigenvalue weighted by Crippen LogP contribution is 2.32. The fraction of sp³-hybridized carbons (Fsp3) is 0.909. The lowest BCUT2D eigenvalue weighted by Crippen LogP contribution is -2.54. The molecule has 0 fully saturated rings. The SMILES string of the molecule is CCNC(C)(C)C(C)(C)C(=O)CC. The van der Waals surface area contributed by atoms with Gasteiger partial charge in [0.1, 0.15) is 5.78 Å². The van der Waals surface area contributed by atoms with Crippen molar-refractivity contribution in [2.24, 2.45) is 5.41 Å². The van der Waals surface area contributed by atoms with Crippen molar-refractivity contribution in [2.75, 3.05) is 6.54 Å². The van der Waals surface area contributed by atoms with Crippen molar-refractivity contribution in [2.45, 2.75) is 53.5 Å². The lowest BCUT2D eigenvalue weighted by molar-refractivity contribution is -0.130. The van der Waals surface area contributed by atoms with Crippen molar-refractivity contribution >= 4 is 5.78 Å². The number of carbonyl (C=O) groups is 1. The molecule has 0 spiro atoms. The molecule has 2 nitrogen and oxygen atoms in total. The zero-order chi connectivity index (χ0) is 10.7. The number of carbonyl (C=O) groups excluding carboxylic acids is 1. The lowest BCUT2D eigenvalue weighted by Gasteiger charge is -2.41. The van der Waals surface area contributed by atoms with Crippen molar-refractivity contribution in [3.05, 3.63) is 0 Å². The van der Waals surface area contributed by atoms with Crippen LogP contribution in [0.15, 0.2) is 0 Å². The van der Waals surface area contributed by atoms with Gasteiger partial charge in [-0.15, -0.1) is 0 Å². The second-order valence-electron chi connectivity index (χ2n) is 4.56. The fourth-order valence-electron chi connectivity index (χ4n) is 1.45. The quantitative estimate of drug-likeness (QED) is 0.712. The van der Waals surface area contributed by atoms with Gasteiger partial charge in [0.15, 0.2) is 0 Å². The largest absolute Gasteiger partial charge is 0.311 e. The maximum Gasteiger partial charge on any atom is 0.140 e. The van der Waals surface area contributed by atoms with Gasteiger partial charge < -0.3 is 5.32 Å². The van der Waals surface area contributed by atoms with Crippen LogP contribution in [-0.4, -0.2) is 17.9 Å². The Labute approximate surface area is 82.1 Å². The van der Waals surface area contributed by atoms with Gasteiger partial charge in [-0.1, -0.05) is 27.7 Å². The molecule has 0 aromatic heterocycles. The summed E-state index contributed by atoms with van der Waals surface area (Å²) in [5.74, 6) is 0.318. The van der Waals surface area contributed by atoms with E-state index >= 15 is 0 Å². The Balaban J connectivity index is 4.69. The molecule has 0 saturated heterocycles. The first-order valence-corrected chi connectivity index (χ1v) is 5.08. The van der Waals surface area contributed by atoms with Crippen LogP contribution in [0.2, 0.25) is 0 Å². The van der Waals surface area contributed by atoms with Crippen LogP contribution in [0.25, 0.3) is 0 Å². The summed E-state index contributed by atoms with van der Waals surface area (Å²) in [5.41, 5.74) is -0.424. The lowest BCUT2D eigenvalue weighted by atomic mass is 9.70. The molecule has 0 aromatic rings. The fourth-order valence-corrected chi connectivity index (χ4v) is 1.45. The molecule has 0 heterocycles. The van der Waals surface area contributed by atoms with E-state index in [0.717, 1.165) is 6.54 Å². The molecule has 0 aliphatic rings. The summed E-state index contributed by atoms with van der Waals surface area (Å²) in [7, 11) is 0. The van der Waals surface area contributed by atoms with Crippen LogP contribution in [0, 0.1) is 5.41 Å². The number of hydrogen-bond donors (Lipinski definition) is 1. The number of nitrogens with one attached hydrogen (secondary N) is 1. The molecule has 0 aliphatic heterocycles. The zero-order valence-corrected chi connectivity index (χ0v) is 9.82. The van der Waals surface area contributed by atoms with Crippen LogP contribution in [0.5, 0.6) is 0 Å².